The fourth-order valence-corrected chi connectivity index (χ4v) is 3.07. The molecule has 0 spiro atoms. The highest BCUT2D eigenvalue weighted by atomic mass is 35.5. The second-order valence-electron chi connectivity index (χ2n) is 7.07. The van der Waals surface area contributed by atoms with Gasteiger partial charge in [0.2, 0.25) is 5.82 Å². The number of pyridine rings is 1. The molecule has 1 aromatic carbocycles. The molecule has 8 heteroatoms. The lowest BCUT2D eigenvalue weighted by Crippen LogP contribution is -2.26. The van der Waals surface area contributed by atoms with E-state index in [-0.39, 0.29) is 19.5 Å². The Hall–Kier alpha value is -2.80. The fourth-order valence-electron chi connectivity index (χ4n) is 2.81. The Morgan fingerprint density at radius 1 is 1.23 bits per heavy atom. The lowest BCUT2D eigenvalue weighted by molar-refractivity contribution is 0.294. The molecule has 0 radical (unpaired) electrons. The van der Waals surface area contributed by atoms with E-state index in [1.165, 1.54) is 7.11 Å². The molecule has 0 aliphatic heterocycles. The number of aryl methyl sites for hydroxylation is 1. The lowest BCUT2D eigenvalue weighted by atomic mass is 10.2. The lowest BCUT2D eigenvalue weighted by Gasteiger charge is -2.23. The summed E-state index contributed by atoms with van der Waals surface area (Å²) in [5.41, 5.74) is 2.22. The number of hydrogen-bond acceptors (Lipinski definition) is 7. The Labute approximate surface area is 184 Å². The molecule has 0 saturated heterocycles. The number of hydrogen-bond donors (Lipinski definition) is 0. The van der Waals surface area contributed by atoms with Crippen molar-refractivity contribution in [1.29, 1.82) is 0 Å². The third kappa shape index (κ3) is 4.67. The van der Waals surface area contributed by atoms with Gasteiger partial charge in [0.1, 0.15) is 5.82 Å². The highest BCUT2D eigenvalue weighted by molar-refractivity contribution is 6.32. The van der Waals surface area contributed by atoms with E-state index in [9.17, 15) is 0 Å². The van der Waals surface area contributed by atoms with Crippen molar-refractivity contribution >= 4 is 17.4 Å². The standard InChI is InChI=1S/C22H27ClN4O3/c1-7-8-29-20-17(23)10-15(11-18(20)28-6)21-25-22(30-26-21)16-9-14(4)24-19(12-16)27(5)13(2)3/h9-13H,7-8H2,1-6H3/i1D,7D/t7-/m0/s1. The summed E-state index contributed by atoms with van der Waals surface area (Å²) in [7, 11) is 3.49. The maximum Gasteiger partial charge on any atom is 0.258 e. The minimum absolute atomic E-state index is 0.0415. The van der Waals surface area contributed by atoms with Crippen LogP contribution in [0.15, 0.2) is 28.8 Å². The van der Waals surface area contributed by atoms with E-state index in [0.717, 1.165) is 17.1 Å². The zero-order valence-electron chi connectivity index (χ0n) is 19.8. The first-order chi connectivity index (χ1) is 15.2. The van der Waals surface area contributed by atoms with Crippen LogP contribution in [0.25, 0.3) is 22.8 Å². The first kappa shape index (κ1) is 19.2. The first-order valence-corrected chi connectivity index (χ1v) is 9.89. The molecule has 7 nitrogen and oxygen atoms in total. The quantitative estimate of drug-likeness (QED) is 0.471. The van der Waals surface area contributed by atoms with Gasteiger partial charge in [-0.05, 0) is 51.4 Å². The summed E-state index contributed by atoms with van der Waals surface area (Å²) < 4.78 is 31.5. The van der Waals surface area contributed by atoms with Crippen LogP contribution in [-0.2, 0) is 0 Å². The summed E-state index contributed by atoms with van der Waals surface area (Å²) in [4.78, 5) is 11.2. The van der Waals surface area contributed by atoms with Crippen LogP contribution in [0.4, 0.5) is 5.82 Å². The Balaban J connectivity index is 1.92. The van der Waals surface area contributed by atoms with E-state index >= 15 is 0 Å². The fraction of sp³-hybridized carbons (Fsp3) is 0.409. The van der Waals surface area contributed by atoms with Gasteiger partial charge in [-0.2, -0.15) is 4.98 Å². The largest absolute Gasteiger partial charge is 0.493 e. The Bertz CT molecular complexity index is 1080. The number of halogens is 1. The highest BCUT2D eigenvalue weighted by Gasteiger charge is 2.18. The molecule has 2 aromatic heterocycles. The summed E-state index contributed by atoms with van der Waals surface area (Å²) in [6.07, 6.45) is -0.668. The zero-order valence-corrected chi connectivity index (χ0v) is 18.5. The van der Waals surface area contributed by atoms with Crippen molar-refractivity contribution in [2.45, 2.75) is 40.1 Å². The molecule has 3 aromatic rings. The average Bonchev–Trinajstić information content (AvgIpc) is 3.26. The van der Waals surface area contributed by atoms with Crippen LogP contribution < -0.4 is 14.4 Å². The van der Waals surface area contributed by atoms with Crippen LogP contribution in [0.1, 0.15) is 35.6 Å². The van der Waals surface area contributed by atoms with Gasteiger partial charge in [-0.25, -0.2) is 4.98 Å². The molecule has 0 unspecified atom stereocenters. The summed E-state index contributed by atoms with van der Waals surface area (Å²) in [5, 5.41) is 4.40. The number of ether oxygens (including phenoxy) is 2. The Kier molecular flexibility index (Phi) is 5.97. The summed E-state index contributed by atoms with van der Waals surface area (Å²) in [5.74, 6) is 2.24. The van der Waals surface area contributed by atoms with Gasteiger partial charge >= 0.3 is 0 Å². The molecule has 0 fully saturated rings. The van der Waals surface area contributed by atoms with Gasteiger partial charge in [-0.1, -0.05) is 23.7 Å². The molecule has 2 heterocycles. The van der Waals surface area contributed by atoms with Gasteiger partial charge in [0, 0.05) is 32.7 Å². The third-order valence-corrected chi connectivity index (χ3v) is 4.86. The summed E-state index contributed by atoms with van der Waals surface area (Å²) in [6, 6.07) is 7.45. The maximum absolute atomic E-state index is 7.67. The second kappa shape index (κ2) is 9.34. The third-order valence-electron chi connectivity index (χ3n) is 4.58. The normalized spacial score (nSPS) is 13.0. The van der Waals surface area contributed by atoms with Gasteiger partial charge in [-0.3, -0.25) is 0 Å². The minimum atomic E-state index is -0.668. The van der Waals surface area contributed by atoms with Crippen LogP contribution >= 0.6 is 11.6 Å². The number of anilines is 1. The average molecular weight is 433 g/mol. The van der Waals surface area contributed by atoms with Gasteiger partial charge in [0.05, 0.1) is 18.7 Å². The molecular weight excluding hydrogens is 404 g/mol. The SMILES string of the molecule is [2H]C[C@H]([2H])COc1c(Cl)cc(-c2noc(-c3cc(C)nc(N(C)C(C)C)c3)n2)cc1OC. The van der Waals surface area contributed by atoms with Crippen LogP contribution in [-0.4, -0.2) is 41.9 Å². The number of methoxy groups -OCH3 is 1. The zero-order chi connectivity index (χ0) is 23.4. The monoisotopic (exact) mass is 432 g/mol. The van der Waals surface area contributed by atoms with Crippen LogP contribution in [0.2, 0.25) is 5.02 Å². The number of nitrogens with zero attached hydrogens (tertiary/aromatic N) is 4. The first-order valence-electron chi connectivity index (χ1n) is 10.8. The number of rotatable bonds is 8. The summed E-state index contributed by atoms with van der Waals surface area (Å²) in [6.45, 7) is 6.09. The molecule has 0 saturated carbocycles. The molecule has 160 valence electrons. The van der Waals surface area contributed by atoms with E-state index < -0.39 is 6.40 Å². The van der Waals surface area contributed by atoms with E-state index in [0.29, 0.717) is 33.8 Å². The number of aromatic nitrogens is 3. The van der Waals surface area contributed by atoms with Crippen LogP contribution in [0.5, 0.6) is 11.5 Å². The van der Waals surface area contributed by atoms with Crippen molar-refractivity contribution in [1.82, 2.24) is 15.1 Å². The van der Waals surface area contributed by atoms with E-state index in [1.54, 1.807) is 12.1 Å². The van der Waals surface area contributed by atoms with Gasteiger partial charge in [-0.15, -0.1) is 0 Å². The smallest absolute Gasteiger partial charge is 0.258 e. The predicted molar refractivity (Wildman–Crippen MR) is 119 cm³/mol. The van der Waals surface area contributed by atoms with Crippen molar-refractivity contribution < 1.29 is 16.7 Å². The van der Waals surface area contributed by atoms with Crippen molar-refractivity contribution in [2.24, 2.45) is 0 Å². The Morgan fingerprint density at radius 3 is 2.73 bits per heavy atom. The van der Waals surface area contributed by atoms with Crippen LogP contribution in [0, 0.1) is 6.92 Å². The summed E-state index contributed by atoms with van der Waals surface area (Å²) >= 11 is 6.41. The Morgan fingerprint density at radius 2 is 2.03 bits per heavy atom. The van der Waals surface area contributed by atoms with E-state index in [2.05, 4.69) is 33.9 Å². The number of benzene rings is 1. The second-order valence-corrected chi connectivity index (χ2v) is 7.48. The van der Waals surface area contributed by atoms with E-state index in [1.807, 2.05) is 26.1 Å². The molecule has 0 aliphatic carbocycles. The maximum atomic E-state index is 7.67. The molecule has 3 rings (SSSR count). The van der Waals surface area contributed by atoms with Crippen molar-refractivity contribution in [3.8, 4) is 34.3 Å². The van der Waals surface area contributed by atoms with E-state index in [4.69, 9.17) is 28.3 Å². The van der Waals surface area contributed by atoms with Crippen LogP contribution in [0.3, 0.4) is 0 Å². The molecule has 30 heavy (non-hydrogen) atoms. The van der Waals surface area contributed by atoms with Crippen molar-refractivity contribution in [3.05, 3.63) is 35.0 Å². The van der Waals surface area contributed by atoms with Crippen molar-refractivity contribution in [2.75, 3.05) is 25.7 Å². The topological polar surface area (TPSA) is 73.5 Å². The molecule has 1 atom stereocenters. The molecule has 0 amide bonds. The molecular formula is C22H27ClN4O3. The van der Waals surface area contributed by atoms with Gasteiger partial charge in [0.15, 0.2) is 11.5 Å². The predicted octanol–water partition coefficient (Wildman–Crippen LogP) is 5.40. The highest BCUT2D eigenvalue weighted by Crippen LogP contribution is 2.39. The van der Waals surface area contributed by atoms with Crippen molar-refractivity contribution in [3.63, 3.8) is 0 Å². The minimum Gasteiger partial charge on any atom is -0.493 e. The van der Waals surface area contributed by atoms with Gasteiger partial charge < -0.3 is 18.9 Å². The molecule has 0 N–H and O–H groups in total. The molecule has 0 aliphatic rings. The molecule has 0 bridgehead atoms. The van der Waals surface area contributed by atoms with Gasteiger partial charge in [0.25, 0.3) is 5.89 Å².